The van der Waals surface area contributed by atoms with Crippen molar-refractivity contribution < 1.29 is 4.92 Å². The zero-order valence-corrected chi connectivity index (χ0v) is 7.60. The first kappa shape index (κ1) is 10.5. The van der Waals surface area contributed by atoms with Crippen LogP contribution >= 0.6 is 0 Å². The van der Waals surface area contributed by atoms with Crippen LogP contribution in [0.2, 0.25) is 0 Å². The number of hydrogen-bond acceptors (Lipinski definition) is 5. The van der Waals surface area contributed by atoms with Gasteiger partial charge in [-0.2, -0.15) is 10.5 Å². The van der Waals surface area contributed by atoms with E-state index in [9.17, 15) is 10.1 Å². The largest absolute Gasteiger partial charge is 0.398 e. The van der Waals surface area contributed by atoms with E-state index in [1.807, 2.05) is 0 Å². The minimum Gasteiger partial charge on any atom is -0.398 e. The summed E-state index contributed by atoms with van der Waals surface area (Å²) in [5.41, 5.74) is 5.64. The topological polar surface area (TPSA) is 117 Å². The molecule has 74 valence electrons. The van der Waals surface area contributed by atoms with E-state index < -0.39 is 4.92 Å². The van der Waals surface area contributed by atoms with Gasteiger partial charge in [0.15, 0.2) is 0 Å². The lowest BCUT2D eigenvalue weighted by molar-refractivity contribution is -0.385. The third-order valence-electron chi connectivity index (χ3n) is 1.84. The molecule has 0 atom stereocenters. The summed E-state index contributed by atoms with van der Waals surface area (Å²) < 4.78 is 0. The summed E-state index contributed by atoms with van der Waals surface area (Å²) in [5.74, 6) is 0. The van der Waals surface area contributed by atoms with E-state index in [2.05, 4.69) is 0 Å². The van der Waals surface area contributed by atoms with Gasteiger partial charge in [0.1, 0.15) is 6.07 Å². The molecule has 1 aromatic rings. The number of nitrogen functional groups attached to an aromatic ring is 1. The smallest absolute Gasteiger partial charge is 0.275 e. The van der Waals surface area contributed by atoms with Crippen LogP contribution in [0.4, 0.5) is 11.4 Å². The Morgan fingerprint density at radius 1 is 1.47 bits per heavy atom. The number of hydrogen-bond donors (Lipinski definition) is 1. The molecule has 0 saturated heterocycles. The maximum Gasteiger partial charge on any atom is 0.275 e. The summed E-state index contributed by atoms with van der Waals surface area (Å²) >= 11 is 0. The number of nitrogens with zero attached hydrogens (tertiary/aromatic N) is 3. The number of nitriles is 2. The molecule has 6 heteroatoms. The second-order valence-electron chi connectivity index (χ2n) is 2.77. The maximum absolute atomic E-state index is 10.6. The van der Waals surface area contributed by atoms with Crippen molar-refractivity contribution in [2.45, 2.75) is 6.42 Å². The SMILES string of the molecule is N#CCc1cc(N)c(C#N)cc1[N+](=O)[O-]. The summed E-state index contributed by atoms with van der Waals surface area (Å²) in [5, 5.41) is 27.7. The molecule has 0 saturated carbocycles. The van der Waals surface area contributed by atoms with E-state index in [0.29, 0.717) is 0 Å². The van der Waals surface area contributed by atoms with Gasteiger partial charge in [0.25, 0.3) is 5.69 Å². The van der Waals surface area contributed by atoms with E-state index in [-0.39, 0.29) is 28.9 Å². The maximum atomic E-state index is 10.6. The van der Waals surface area contributed by atoms with Crippen molar-refractivity contribution in [3.8, 4) is 12.1 Å². The minimum atomic E-state index is -0.632. The summed E-state index contributed by atoms with van der Waals surface area (Å²) in [6, 6.07) is 5.93. The molecule has 15 heavy (non-hydrogen) atoms. The molecule has 1 rings (SSSR count). The number of nitro groups is 1. The average molecular weight is 202 g/mol. The molecule has 0 aromatic heterocycles. The molecule has 0 aliphatic rings. The fourth-order valence-electron chi connectivity index (χ4n) is 1.15. The van der Waals surface area contributed by atoms with Crippen LogP contribution in [0.1, 0.15) is 11.1 Å². The van der Waals surface area contributed by atoms with Gasteiger partial charge in [0.2, 0.25) is 0 Å². The lowest BCUT2D eigenvalue weighted by Crippen LogP contribution is -1.99. The zero-order chi connectivity index (χ0) is 11.4. The number of nitro benzene ring substituents is 1. The fourth-order valence-corrected chi connectivity index (χ4v) is 1.15. The second-order valence-corrected chi connectivity index (χ2v) is 2.77. The monoisotopic (exact) mass is 202 g/mol. The summed E-state index contributed by atoms with van der Waals surface area (Å²) in [6.07, 6.45) is -0.105. The molecule has 0 radical (unpaired) electrons. The highest BCUT2D eigenvalue weighted by Crippen LogP contribution is 2.25. The molecule has 0 fully saturated rings. The quantitative estimate of drug-likeness (QED) is 0.438. The van der Waals surface area contributed by atoms with Gasteiger partial charge in [-0.3, -0.25) is 10.1 Å². The van der Waals surface area contributed by atoms with Crippen LogP contribution in [-0.2, 0) is 6.42 Å². The van der Waals surface area contributed by atoms with Crippen LogP contribution in [0.3, 0.4) is 0 Å². The van der Waals surface area contributed by atoms with Crippen molar-refractivity contribution in [3.63, 3.8) is 0 Å². The van der Waals surface area contributed by atoms with E-state index in [0.717, 1.165) is 6.07 Å². The van der Waals surface area contributed by atoms with Crippen molar-refractivity contribution in [1.82, 2.24) is 0 Å². The number of nitrogens with two attached hydrogens (primary N) is 1. The highest BCUT2D eigenvalue weighted by Gasteiger charge is 2.16. The molecular formula is C9H6N4O2. The zero-order valence-electron chi connectivity index (χ0n) is 7.60. The first-order valence-electron chi connectivity index (χ1n) is 3.94. The summed E-state index contributed by atoms with van der Waals surface area (Å²) in [6.45, 7) is 0. The van der Waals surface area contributed by atoms with E-state index in [4.69, 9.17) is 16.3 Å². The molecule has 0 unspecified atom stereocenters. The lowest BCUT2D eigenvalue weighted by atomic mass is 10.1. The molecule has 0 aliphatic heterocycles. The Kier molecular flexibility index (Phi) is 2.85. The van der Waals surface area contributed by atoms with Crippen LogP contribution in [0.25, 0.3) is 0 Å². The molecule has 0 spiro atoms. The van der Waals surface area contributed by atoms with Crippen LogP contribution in [0, 0.1) is 32.8 Å². The van der Waals surface area contributed by atoms with Crippen LogP contribution in [-0.4, -0.2) is 4.92 Å². The Balaban J connectivity index is 3.41. The Morgan fingerprint density at radius 3 is 2.60 bits per heavy atom. The summed E-state index contributed by atoms with van der Waals surface area (Å²) in [4.78, 5) is 9.99. The van der Waals surface area contributed by atoms with Gasteiger partial charge in [0, 0.05) is 11.6 Å². The van der Waals surface area contributed by atoms with Gasteiger partial charge in [-0.25, -0.2) is 0 Å². The molecule has 6 nitrogen and oxygen atoms in total. The minimum absolute atomic E-state index is 0.0448. The van der Waals surface area contributed by atoms with Crippen molar-refractivity contribution in [1.29, 1.82) is 10.5 Å². The van der Waals surface area contributed by atoms with Gasteiger partial charge >= 0.3 is 0 Å². The second kappa shape index (κ2) is 4.07. The molecule has 0 heterocycles. The molecule has 0 aliphatic carbocycles. The van der Waals surface area contributed by atoms with Crippen LogP contribution in [0.5, 0.6) is 0 Å². The fraction of sp³-hybridized carbons (Fsp3) is 0.111. The number of anilines is 1. The first-order chi connectivity index (χ1) is 7.10. The van der Waals surface area contributed by atoms with E-state index in [1.54, 1.807) is 12.1 Å². The third-order valence-corrected chi connectivity index (χ3v) is 1.84. The van der Waals surface area contributed by atoms with Gasteiger partial charge in [-0.15, -0.1) is 0 Å². The Hall–Kier alpha value is -2.60. The number of rotatable bonds is 2. The van der Waals surface area contributed by atoms with E-state index >= 15 is 0 Å². The number of benzene rings is 1. The van der Waals surface area contributed by atoms with Crippen molar-refractivity contribution in [2.24, 2.45) is 0 Å². The van der Waals surface area contributed by atoms with E-state index in [1.165, 1.54) is 6.07 Å². The highest BCUT2D eigenvalue weighted by atomic mass is 16.6. The molecule has 0 bridgehead atoms. The Bertz CT molecular complexity index is 496. The molecular weight excluding hydrogens is 196 g/mol. The van der Waals surface area contributed by atoms with Crippen molar-refractivity contribution in [2.75, 3.05) is 5.73 Å². The highest BCUT2D eigenvalue weighted by molar-refractivity contribution is 5.62. The molecule has 0 amide bonds. The first-order valence-corrected chi connectivity index (χ1v) is 3.94. The normalized spacial score (nSPS) is 8.93. The van der Waals surface area contributed by atoms with Crippen LogP contribution < -0.4 is 5.73 Å². The van der Waals surface area contributed by atoms with Crippen molar-refractivity contribution in [3.05, 3.63) is 33.4 Å². The molecule has 1 aromatic carbocycles. The average Bonchev–Trinajstić information content (AvgIpc) is 2.18. The Labute approximate surface area is 85.3 Å². The predicted molar refractivity (Wildman–Crippen MR) is 51.5 cm³/mol. The van der Waals surface area contributed by atoms with Crippen molar-refractivity contribution >= 4 is 11.4 Å². The van der Waals surface area contributed by atoms with Gasteiger partial charge in [0.05, 0.1) is 28.7 Å². The summed E-state index contributed by atoms with van der Waals surface area (Å²) in [7, 11) is 0. The van der Waals surface area contributed by atoms with Gasteiger partial charge in [-0.1, -0.05) is 0 Å². The lowest BCUT2D eigenvalue weighted by Gasteiger charge is -2.01. The van der Waals surface area contributed by atoms with Gasteiger partial charge < -0.3 is 5.73 Å². The van der Waals surface area contributed by atoms with Crippen LogP contribution in [0.15, 0.2) is 12.1 Å². The Morgan fingerprint density at radius 2 is 2.13 bits per heavy atom. The van der Waals surface area contributed by atoms with Gasteiger partial charge in [-0.05, 0) is 6.07 Å². The molecule has 2 N–H and O–H groups in total. The predicted octanol–water partition coefficient (Wildman–Crippen LogP) is 1.11. The third kappa shape index (κ3) is 2.01. The standard InChI is InChI=1S/C9H6N4O2/c10-2-1-6-3-8(12)7(5-11)4-9(6)13(14)15/h3-4H,1,12H2.